The van der Waals surface area contributed by atoms with Crippen LogP contribution in [0.5, 0.6) is 0 Å². The van der Waals surface area contributed by atoms with Crippen LogP contribution in [0.15, 0.2) is 36.4 Å². The number of unbranched alkanes of at least 4 members (excludes halogenated alkanes) is 1. The first kappa shape index (κ1) is 27.2. The number of anilines is 1. The Morgan fingerprint density at radius 3 is 2.71 bits per heavy atom. The molecule has 1 aliphatic carbocycles. The van der Waals surface area contributed by atoms with Crippen LogP contribution in [-0.2, 0) is 19.1 Å². The van der Waals surface area contributed by atoms with E-state index >= 15 is 0 Å². The second-order valence-electron chi connectivity index (χ2n) is 11.2. The summed E-state index contributed by atoms with van der Waals surface area (Å²) in [7, 11) is 2.04. The van der Waals surface area contributed by atoms with Gasteiger partial charge in [-0.2, -0.15) is 0 Å². The highest BCUT2D eigenvalue weighted by Gasteiger charge is 2.72. The number of halogens is 1. The first-order valence-corrected chi connectivity index (χ1v) is 14.4. The lowest BCUT2D eigenvalue weighted by molar-refractivity contribution is -0.141. The average Bonchev–Trinajstić information content (AvgIpc) is 3.54. The van der Waals surface area contributed by atoms with E-state index in [2.05, 4.69) is 22.5 Å². The first-order valence-electron chi connectivity index (χ1n) is 14.1. The Hall–Kier alpha value is -2.42. The molecule has 2 bridgehead atoms. The molecule has 206 valence electrons. The van der Waals surface area contributed by atoms with Crippen LogP contribution in [0.3, 0.4) is 0 Å². The molecule has 1 spiro atoms. The molecule has 38 heavy (non-hydrogen) atoms. The lowest BCUT2D eigenvalue weighted by Crippen LogP contribution is -2.57. The van der Waals surface area contributed by atoms with Gasteiger partial charge in [0.25, 0.3) is 0 Å². The Kier molecular flexibility index (Phi) is 8.12. The molecule has 0 radical (unpaired) electrons. The van der Waals surface area contributed by atoms with E-state index in [9.17, 15) is 14.4 Å². The van der Waals surface area contributed by atoms with Crippen molar-refractivity contribution >= 4 is 35.0 Å². The van der Waals surface area contributed by atoms with Gasteiger partial charge in [-0.1, -0.05) is 62.4 Å². The second kappa shape index (κ2) is 11.4. The van der Waals surface area contributed by atoms with Crippen molar-refractivity contribution in [3.8, 4) is 0 Å². The van der Waals surface area contributed by atoms with Crippen molar-refractivity contribution in [1.29, 1.82) is 0 Å². The lowest BCUT2D eigenvalue weighted by Gasteiger charge is -2.34. The number of benzene rings is 1. The third-order valence-corrected chi connectivity index (χ3v) is 8.82. The monoisotopic (exact) mass is 542 g/mol. The summed E-state index contributed by atoms with van der Waals surface area (Å²) < 4.78 is 6.44. The second-order valence-corrected chi connectivity index (χ2v) is 11.7. The number of rotatable bonds is 10. The number of amides is 3. The Balaban J connectivity index is 1.40. The highest BCUT2D eigenvalue weighted by molar-refractivity contribution is 6.30. The number of likely N-dealkylation sites (N-methyl/N-ethyl adjacent to an activating group) is 1. The van der Waals surface area contributed by atoms with Crippen molar-refractivity contribution < 1.29 is 19.1 Å². The first-order chi connectivity index (χ1) is 18.3. The minimum Gasteiger partial charge on any atom is -0.359 e. The number of ether oxygens (including phenoxy) is 1. The number of nitrogens with one attached hydrogen (secondary N) is 2. The van der Waals surface area contributed by atoms with Crippen LogP contribution in [0.25, 0.3) is 0 Å². The minimum absolute atomic E-state index is 0.111. The molecule has 2 N–H and O–H groups in total. The van der Waals surface area contributed by atoms with Crippen molar-refractivity contribution in [1.82, 2.24) is 15.1 Å². The van der Waals surface area contributed by atoms with Crippen molar-refractivity contribution in [2.24, 2.45) is 11.8 Å². The van der Waals surface area contributed by atoms with Crippen LogP contribution in [0.4, 0.5) is 5.69 Å². The zero-order chi connectivity index (χ0) is 26.9. The molecule has 0 aromatic heterocycles. The Bertz CT molecular complexity index is 1090. The summed E-state index contributed by atoms with van der Waals surface area (Å²) in [6.45, 7) is 4.13. The number of fused-ring (bicyclic) bond motifs is 1. The molecule has 8 nitrogen and oxygen atoms in total. The van der Waals surface area contributed by atoms with Crippen LogP contribution in [-0.4, -0.2) is 78.0 Å². The van der Waals surface area contributed by atoms with Gasteiger partial charge in [0, 0.05) is 29.8 Å². The molecule has 2 saturated heterocycles. The molecule has 3 fully saturated rings. The van der Waals surface area contributed by atoms with Crippen molar-refractivity contribution in [3.63, 3.8) is 0 Å². The fourth-order valence-corrected chi connectivity index (χ4v) is 6.84. The van der Waals surface area contributed by atoms with Crippen LogP contribution < -0.4 is 10.6 Å². The Morgan fingerprint density at radius 2 is 1.97 bits per heavy atom. The summed E-state index contributed by atoms with van der Waals surface area (Å²) >= 11 is 6.11. The van der Waals surface area contributed by atoms with E-state index in [0.29, 0.717) is 23.8 Å². The maximum atomic E-state index is 14.0. The van der Waals surface area contributed by atoms with Gasteiger partial charge in [0.05, 0.1) is 17.9 Å². The smallest absolute Gasteiger partial charge is 0.246 e. The molecule has 5 rings (SSSR count). The standard InChI is InChI=1S/C29H39ClN4O4/c1-3-4-15-33(2)16-17-34-25(27(36)31-20-10-6-5-7-11-20)29-14-13-22(38-29)23(24(29)28(34)37)26(35)32-21-12-8-9-19(30)18-21/h8-9,12-14,18,20,22-25H,3-7,10-11,15-17H2,1-2H3,(H,31,36)(H,32,35)/t22-,23-,24-,25+,29-/m0/s1. The number of likely N-dealkylation sites (tertiary alicyclic amines) is 1. The predicted octanol–water partition coefficient (Wildman–Crippen LogP) is 3.61. The molecule has 1 saturated carbocycles. The summed E-state index contributed by atoms with van der Waals surface area (Å²) in [5, 5.41) is 6.67. The van der Waals surface area contributed by atoms with Crippen LogP contribution in [0.1, 0.15) is 51.9 Å². The normalized spacial score (nSPS) is 30.2. The van der Waals surface area contributed by atoms with Crippen LogP contribution >= 0.6 is 11.6 Å². The zero-order valence-corrected chi connectivity index (χ0v) is 23.1. The zero-order valence-electron chi connectivity index (χ0n) is 22.3. The highest BCUT2D eigenvalue weighted by Crippen LogP contribution is 2.55. The Morgan fingerprint density at radius 1 is 1.18 bits per heavy atom. The summed E-state index contributed by atoms with van der Waals surface area (Å²) in [5.74, 6) is -2.13. The summed E-state index contributed by atoms with van der Waals surface area (Å²) in [5.41, 5.74) is -0.575. The number of carbonyl (C=O) groups excluding carboxylic acids is 3. The van der Waals surface area contributed by atoms with E-state index in [1.54, 1.807) is 29.2 Å². The molecule has 3 heterocycles. The van der Waals surface area contributed by atoms with Gasteiger partial charge in [-0.05, 0) is 51.1 Å². The molecule has 4 aliphatic rings. The van der Waals surface area contributed by atoms with E-state index in [0.717, 1.165) is 45.1 Å². The largest absolute Gasteiger partial charge is 0.359 e. The number of carbonyl (C=O) groups is 3. The molecule has 1 aromatic rings. The molecule has 3 amide bonds. The number of hydrogen-bond donors (Lipinski definition) is 2. The molecular weight excluding hydrogens is 504 g/mol. The number of hydrogen-bond acceptors (Lipinski definition) is 5. The molecule has 3 aliphatic heterocycles. The van der Waals surface area contributed by atoms with E-state index in [1.807, 2.05) is 19.2 Å². The summed E-state index contributed by atoms with van der Waals surface area (Å²) in [6, 6.07) is 6.25. The molecule has 5 atom stereocenters. The van der Waals surface area contributed by atoms with E-state index in [-0.39, 0.29) is 23.8 Å². The lowest BCUT2D eigenvalue weighted by atomic mass is 9.74. The van der Waals surface area contributed by atoms with Gasteiger partial charge in [0.2, 0.25) is 17.7 Å². The summed E-state index contributed by atoms with van der Waals surface area (Å²) in [6.07, 6.45) is 10.6. The molecular formula is C29H39ClN4O4. The van der Waals surface area contributed by atoms with Gasteiger partial charge in [-0.3, -0.25) is 14.4 Å². The SMILES string of the molecule is CCCCN(C)CCN1C(=O)[C@@H]2[C@@H](C(=O)Nc3cccc(Cl)c3)[C@@H]3C=C[C@@]2(O3)[C@H]1C(=O)NC1CCCCC1. The quantitative estimate of drug-likeness (QED) is 0.441. The molecule has 9 heteroatoms. The van der Waals surface area contributed by atoms with Gasteiger partial charge in [-0.25, -0.2) is 0 Å². The van der Waals surface area contributed by atoms with Crippen molar-refractivity contribution in [2.75, 3.05) is 32.0 Å². The third kappa shape index (κ3) is 5.10. The van der Waals surface area contributed by atoms with Gasteiger partial charge in [-0.15, -0.1) is 0 Å². The fourth-order valence-electron chi connectivity index (χ4n) is 6.64. The maximum Gasteiger partial charge on any atom is 0.246 e. The van der Waals surface area contributed by atoms with Gasteiger partial charge < -0.3 is 25.2 Å². The third-order valence-electron chi connectivity index (χ3n) is 8.58. The van der Waals surface area contributed by atoms with Gasteiger partial charge >= 0.3 is 0 Å². The van der Waals surface area contributed by atoms with E-state index < -0.39 is 29.6 Å². The maximum absolute atomic E-state index is 14.0. The summed E-state index contributed by atoms with van der Waals surface area (Å²) in [4.78, 5) is 45.3. The van der Waals surface area contributed by atoms with Gasteiger partial charge in [0.1, 0.15) is 11.6 Å². The van der Waals surface area contributed by atoms with Crippen LogP contribution in [0.2, 0.25) is 5.02 Å². The minimum atomic E-state index is -1.14. The van der Waals surface area contributed by atoms with E-state index in [4.69, 9.17) is 16.3 Å². The topological polar surface area (TPSA) is 91.0 Å². The molecule has 0 unspecified atom stereocenters. The average molecular weight is 543 g/mol. The Labute approximate surface area is 230 Å². The van der Waals surface area contributed by atoms with Crippen LogP contribution in [0, 0.1) is 11.8 Å². The number of nitrogens with zero attached hydrogens (tertiary/aromatic N) is 2. The molecule has 1 aromatic carbocycles. The highest BCUT2D eigenvalue weighted by atomic mass is 35.5. The predicted molar refractivity (Wildman–Crippen MR) is 147 cm³/mol. The van der Waals surface area contributed by atoms with E-state index in [1.165, 1.54) is 6.42 Å². The van der Waals surface area contributed by atoms with Gasteiger partial charge in [0.15, 0.2) is 0 Å². The fraction of sp³-hybridized carbons (Fsp3) is 0.621. The van der Waals surface area contributed by atoms with Crippen molar-refractivity contribution in [3.05, 3.63) is 41.4 Å². The van der Waals surface area contributed by atoms with Crippen molar-refractivity contribution in [2.45, 2.75) is 75.7 Å².